The number of ketones is 1. The van der Waals surface area contributed by atoms with Gasteiger partial charge in [-0.05, 0) is 19.1 Å². The normalized spacial score (nSPS) is 12.4. The number of Topliss-reactive ketones (excluding diaryl/α,β-unsaturated/α-hetero) is 1. The Balaban J connectivity index is 2.04. The number of carbonyl (C=O) groups is 1. The first-order valence-corrected chi connectivity index (χ1v) is 5.81. The third-order valence-corrected chi connectivity index (χ3v) is 2.83. The van der Waals surface area contributed by atoms with Crippen LogP contribution in [0, 0.1) is 6.92 Å². The Hall–Kier alpha value is -1.83. The van der Waals surface area contributed by atoms with Crippen LogP contribution in [-0.2, 0) is 0 Å². The van der Waals surface area contributed by atoms with E-state index in [2.05, 4.69) is 0 Å². The third kappa shape index (κ3) is 2.84. The largest absolute Gasteiger partial charge is 0.466 e. The van der Waals surface area contributed by atoms with E-state index >= 15 is 0 Å². The molecule has 0 amide bonds. The summed E-state index contributed by atoms with van der Waals surface area (Å²) in [5, 5.41) is 0. The molecule has 0 aliphatic heterocycles. The molecule has 17 heavy (non-hydrogen) atoms. The lowest BCUT2D eigenvalue weighted by Crippen LogP contribution is -2.04. The van der Waals surface area contributed by atoms with Crippen molar-refractivity contribution >= 4 is 5.78 Å². The summed E-state index contributed by atoms with van der Waals surface area (Å²) in [6.45, 7) is 3.92. The molecule has 1 atom stereocenters. The number of hydrogen-bond donors (Lipinski definition) is 0. The molecule has 0 aliphatic rings. The fraction of sp³-hybridized carbons (Fsp3) is 0.267. The maximum Gasteiger partial charge on any atom is 0.163 e. The van der Waals surface area contributed by atoms with Gasteiger partial charge in [0, 0.05) is 17.9 Å². The van der Waals surface area contributed by atoms with Gasteiger partial charge in [0.2, 0.25) is 0 Å². The van der Waals surface area contributed by atoms with Gasteiger partial charge in [-0.3, -0.25) is 4.79 Å². The van der Waals surface area contributed by atoms with Crippen LogP contribution in [0.3, 0.4) is 0 Å². The highest BCUT2D eigenvalue weighted by Gasteiger charge is 2.15. The van der Waals surface area contributed by atoms with E-state index in [4.69, 9.17) is 4.42 Å². The third-order valence-electron chi connectivity index (χ3n) is 2.83. The Morgan fingerprint density at radius 3 is 2.47 bits per heavy atom. The Bertz CT molecular complexity index is 497. The molecule has 0 radical (unpaired) electrons. The second kappa shape index (κ2) is 5.00. The molecule has 0 N–H and O–H groups in total. The van der Waals surface area contributed by atoms with Crippen molar-refractivity contribution in [2.75, 3.05) is 0 Å². The molecule has 1 heterocycles. The fourth-order valence-corrected chi connectivity index (χ4v) is 1.84. The van der Waals surface area contributed by atoms with Gasteiger partial charge < -0.3 is 4.42 Å². The van der Waals surface area contributed by atoms with Crippen molar-refractivity contribution in [2.45, 2.75) is 26.2 Å². The SMILES string of the molecule is Cc1ccc(C(C)CC(=O)c2ccccc2)o1. The zero-order valence-corrected chi connectivity index (χ0v) is 10.1. The maximum absolute atomic E-state index is 12.0. The van der Waals surface area contributed by atoms with Crippen molar-refractivity contribution in [1.29, 1.82) is 0 Å². The molecule has 0 bridgehead atoms. The smallest absolute Gasteiger partial charge is 0.163 e. The van der Waals surface area contributed by atoms with Crippen molar-refractivity contribution in [1.82, 2.24) is 0 Å². The summed E-state index contributed by atoms with van der Waals surface area (Å²) in [7, 11) is 0. The van der Waals surface area contributed by atoms with Gasteiger partial charge in [-0.2, -0.15) is 0 Å². The second-order valence-corrected chi connectivity index (χ2v) is 4.34. The molecule has 1 aromatic carbocycles. The molecule has 1 unspecified atom stereocenters. The van der Waals surface area contributed by atoms with Crippen LogP contribution >= 0.6 is 0 Å². The highest BCUT2D eigenvalue weighted by molar-refractivity contribution is 5.96. The Labute approximate surface area is 101 Å². The lowest BCUT2D eigenvalue weighted by Gasteiger charge is -2.07. The molecule has 0 fully saturated rings. The first kappa shape index (κ1) is 11.6. The van der Waals surface area contributed by atoms with E-state index in [-0.39, 0.29) is 11.7 Å². The molecule has 2 aromatic rings. The van der Waals surface area contributed by atoms with Crippen LogP contribution < -0.4 is 0 Å². The van der Waals surface area contributed by atoms with Gasteiger partial charge in [0.1, 0.15) is 11.5 Å². The van der Waals surface area contributed by atoms with Crippen LogP contribution in [0.1, 0.15) is 41.1 Å². The minimum absolute atomic E-state index is 0.122. The van der Waals surface area contributed by atoms with Crippen LogP contribution in [0.15, 0.2) is 46.9 Å². The van der Waals surface area contributed by atoms with E-state index in [0.717, 1.165) is 17.1 Å². The molecule has 0 spiro atoms. The monoisotopic (exact) mass is 228 g/mol. The average molecular weight is 228 g/mol. The molecule has 0 saturated carbocycles. The zero-order chi connectivity index (χ0) is 12.3. The van der Waals surface area contributed by atoms with Gasteiger partial charge in [0.15, 0.2) is 5.78 Å². The second-order valence-electron chi connectivity index (χ2n) is 4.34. The summed E-state index contributed by atoms with van der Waals surface area (Å²) in [6.07, 6.45) is 0.483. The summed E-state index contributed by atoms with van der Waals surface area (Å²) in [4.78, 5) is 12.0. The van der Waals surface area contributed by atoms with E-state index in [0.29, 0.717) is 6.42 Å². The first-order valence-electron chi connectivity index (χ1n) is 5.81. The first-order chi connectivity index (χ1) is 8.16. The number of carbonyl (C=O) groups excluding carboxylic acids is 1. The minimum Gasteiger partial charge on any atom is -0.466 e. The average Bonchev–Trinajstić information content (AvgIpc) is 2.77. The number of hydrogen-bond acceptors (Lipinski definition) is 2. The van der Waals surface area contributed by atoms with Gasteiger partial charge >= 0.3 is 0 Å². The highest BCUT2D eigenvalue weighted by Crippen LogP contribution is 2.23. The van der Waals surface area contributed by atoms with Crippen LogP contribution in [0.25, 0.3) is 0 Å². The van der Waals surface area contributed by atoms with Crippen LogP contribution in [0.4, 0.5) is 0 Å². The molecule has 0 saturated heterocycles. The van der Waals surface area contributed by atoms with Gasteiger partial charge in [0.05, 0.1) is 0 Å². The summed E-state index contributed by atoms with van der Waals surface area (Å²) < 4.78 is 5.53. The summed E-state index contributed by atoms with van der Waals surface area (Å²) in [5.74, 6) is 2.05. The summed E-state index contributed by atoms with van der Waals surface area (Å²) in [5.41, 5.74) is 0.766. The van der Waals surface area contributed by atoms with E-state index < -0.39 is 0 Å². The number of furan rings is 1. The molecular formula is C15H16O2. The van der Waals surface area contributed by atoms with E-state index in [1.54, 1.807) is 0 Å². The fourth-order valence-electron chi connectivity index (χ4n) is 1.84. The Morgan fingerprint density at radius 1 is 1.18 bits per heavy atom. The molecule has 1 aromatic heterocycles. The number of rotatable bonds is 4. The van der Waals surface area contributed by atoms with Crippen molar-refractivity contribution in [3.8, 4) is 0 Å². The van der Waals surface area contributed by atoms with Crippen molar-refractivity contribution in [3.63, 3.8) is 0 Å². The van der Waals surface area contributed by atoms with Crippen LogP contribution in [-0.4, -0.2) is 5.78 Å². The van der Waals surface area contributed by atoms with Gasteiger partial charge in [-0.25, -0.2) is 0 Å². The van der Waals surface area contributed by atoms with Crippen LogP contribution in [0.2, 0.25) is 0 Å². The minimum atomic E-state index is 0.122. The van der Waals surface area contributed by atoms with Crippen molar-refractivity contribution < 1.29 is 9.21 Å². The lowest BCUT2D eigenvalue weighted by atomic mass is 9.98. The quantitative estimate of drug-likeness (QED) is 0.741. The molecule has 2 rings (SSSR count). The molecule has 88 valence electrons. The van der Waals surface area contributed by atoms with Crippen molar-refractivity contribution in [3.05, 3.63) is 59.5 Å². The standard InChI is InChI=1S/C15H16O2/c1-11(15-9-8-12(2)17-15)10-14(16)13-6-4-3-5-7-13/h3-9,11H,10H2,1-2H3. The van der Waals surface area contributed by atoms with Gasteiger partial charge in [0.25, 0.3) is 0 Å². The van der Waals surface area contributed by atoms with E-state index in [9.17, 15) is 4.79 Å². The highest BCUT2D eigenvalue weighted by atomic mass is 16.3. The Morgan fingerprint density at radius 2 is 1.88 bits per heavy atom. The van der Waals surface area contributed by atoms with Gasteiger partial charge in [-0.15, -0.1) is 0 Å². The molecular weight excluding hydrogens is 212 g/mol. The predicted octanol–water partition coefficient (Wildman–Crippen LogP) is 3.96. The molecule has 0 aliphatic carbocycles. The topological polar surface area (TPSA) is 30.2 Å². The predicted molar refractivity (Wildman–Crippen MR) is 67.2 cm³/mol. The van der Waals surface area contributed by atoms with Crippen molar-refractivity contribution in [2.24, 2.45) is 0 Å². The van der Waals surface area contributed by atoms with Crippen LogP contribution in [0.5, 0.6) is 0 Å². The number of aryl methyl sites for hydroxylation is 1. The summed E-state index contributed by atoms with van der Waals surface area (Å²) >= 11 is 0. The maximum atomic E-state index is 12.0. The Kier molecular flexibility index (Phi) is 3.43. The van der Waals surface area contributed by atoms with E-state index in [1.165, 1.54) is 0 Å². The molecule has 2 heteroatoms. The lowest BCUT2D eigenvalue weighted by molar-refractivity contribution is 0.0972. The van der Waals surface area contributed by atoms with E-state index in [1.807, 2.05) is 56.3 Å². The zero-order valence-electron chi connectivity index (χ0n) is 10.1. The number of benzene rings is 1. The van der Waals surface area contributed by atoms with Gasteiger partial charge in [-0.1, -0.05) is 37.3 Å². The molecule has 2 nitrogen and oxygen atoms in total. The summed E-state index contributed by atoms with van der Waals surface area (Å²) in [6, 6.07) is 13.3.